The first-order valence-electron chi connectivity index (χ1n) is 6.69. The Kier molecular flexibility index (Phi) is 4.07. The fourth-order valence-corrected chi connectivity index (χ4v) is 2.85. The fraction of sp³-hybridized carbons (Fsp3) is 0.385. The smallest absolute Gasteiger partial charge is 0.259 e. The minimum Gasteiger partial charge on any atom is -0.394 e. The summed E-state index contributed by atoms with van der Waals surface area (Å²) < 4.78 is 0. The van der Waals surface area contributed by atoms with Gasteiger partial charge in [-0.1, -0.05) is 11.3 Å². The predicted octanol–water partition coefficient (Wildman–Crippen LogP) is 1.15. The molecule has 0 spiro atoms. The molecular weight excluding hydrogens is 290 g/mol. The molecule has 1 amide bonds. The van der Waals surface area contributed by atoms with E-state index in [9.17, 15) is 9.90 Å². The standard InChI is InChI=1S/C13H15N5O2S/c19-7-10-2-1-5-18(10)11-4-3-9(6-14-11)12(20)16-13-17-15-8-21-13/h3-4,6,8,10,19H,1-2,5,7H2,(H,16,17,20)/t10-/m0/s1. The molecule has 3 rings (SSSR count). The molecule has 2 aromatic rings. The summed E-state index contributed by atoms with van der Waals surface area (Å²) in [5.74, 6) is 0.532. The fourth-order valence-electron chi connectivity index (χ4n) is 2.41. The van der Waals surface area contributed by atoms with E-state index >= 15 is 0 Å². The number of hydrogen-bond acceptors (Lipinski definition) is 7. The van der Waals surface area contributed by atoms with Crippen LogP contribution in [0.5, 0.6) is 0 Å². The highest BCUT2D eigenvalue weighted by molar-refractivity contribution is 7.13. The first-order chi connectivity index (χ1) is 10.3. The Morgan fingerprint density at radius 1 is 1.52 bits per heavy atom. The molecule has 1 atom stereocenters. The highest BCUT2D eigenvalue weighted by atomic mass is 32.1. The molecule has 0 unspecified atom stereocenters. The van der Waals surface area contributed by atoms with Gasteiger partial charge in [0.1, 0.15) is 11.3 Å². The Balaban J connectivity index is 1.70. The highest BCUT2D eigenvalue weighted by Crippen LogP contribution is 2.23. The molecule has 8 heteroatoms. The van der Waals surface area contributed by atoms with Crippen LogP contribution in [0.2, 0.25) is 0 Å². The molecule has 0 bridgehead atoms. The van der Waals surface area contributed by atoms with Crippen molar-refractivity contribution in [1.29, 1.82) is 0 Å². The summed E-state index contributed by atoms with van der Waals surface area (Å²) in [5, 5.41) is 19.9. The van der Waals surface area contributed by atoms with E-state index in [1.54, 1.807) is 17.8 Å². The molecular formula is C13H15N5O2S. The van der Waals surface area contributed by atoms with Crippen LogP contribution < -0.4 is 10.2 Å². The van der Waals surface area contributed by atoms with Crippen LogP contribution in [-0.2, 0) is 0 Å². The third kappa shape index (κ3) is 3.01. The van der Waals surface area contributed by atoms with E-state index in [1.165, 1.54) is 11.3 Å². The zero-order chi connectivity index (χ0) is 14.7. The van der Waals surface area contributed by atoms with Crippen molar-refractivity contribution in [3.05, 3.63) is 29.4 Å². The second-order valence-electron chi connectivity index (χ2n) is 4.78. The van der Waals surface area contributed by atoms with E-state index in [2.05, 4.69) is 25.4 Å². The summed E-state index contributed by atoms with van der Waals surface area (Å²) in [7, 11) is 0. The van der Waals surface area contributed by atoms with Gasteiger partial charge in [0, 0.05) is 12.7 Å². The number of carbonyl (C=O) groups excluding carboxylic acids is 1. The number of hydrogen-bond donors (Lipinski definition) is 2. The molecule has 0 saturated carbocycles. The SMILES string of the molecule is O=C(Nc1nncs1)c1ccc(N2CCC[C@H]2CO)nc1. The Labute approximate surface area is 125 Å². The molecule has 0 radical (unpaired) electrons. The third-order valence-corrected chi connectivity index (χ3v) is 4.08. The van der Waals surface area contributed by atoms with Crippen LogP contribution in [0.4, 0.5) is 10.9 Å². The molecule has 1 aliphatic rings. The van der Waals surface area contributed by atoms with Crippen molar-refractivity contribution in [2.24, 2.45) is 0 Å². The summed E-state index contributed by atoms with van der Waals surface area (Å²) in [6.45, 7) is 1.01. The zero-order valence-electron chi connectivity index (χ0n) is 11.3. The summed E-state index contributed by atoms with van der Waals surface area (Å²) in [6, 6.07) is 3.66. The monoisotopic (exact) mass is 305 g/mol. The Morgan fingerprint density at radius 2 is 2.43 bits per heavy atom. The van der Waals surface area contributed by atoms with Crippen molar-refractivity contribution in [1.82, 2.24) is 15.2 Å². The summed E-state index contributed by atoms with van der Waals surface area (Å²) in [5.41, 5.74) is 2.02. The number of aromatic nitrogens is 3. The van der Waals surface area contributed by atoms with Crippen molar-refractivity contribution in [2.45, 2.75) is 18.9 Å². The van der Waals surface area contributed by atoms with Crippen molar-refractivity contribution in [3.63, 3.8) is 0 Å². The molecule has 1 aliphatic heterocycles. The van der Waals surface area contributed by atoms with E-state index < -0.39 is 0 Å². The van der Waals surface area contributed by atoms with Gasteiger partial charge in [0.05, 0.1) is 18.2 Å². The highest BCUT2D eigenvalue weighted by Gasteiger charge is 2.24. The second-order valence-corrected chi connectivity index (χ2v) is 5.61. The molecule has 2 N–H and O–H groups in total. The molecule has 110 valence electrons. The van der Waals surface area contributed by atoms with Crippen molar-refractivity contribution < 1.29 is 9.90 Å². The second kappa shape index (κ2) is 6.15. The predicted molar refractivity (Wildman–Crippen MR) is 79.6 cm³/mol. The number of aliphatic hydroxyl groups excluding tert-OH is 1. The average molecular weight is 305 g/mol. The number of nitrogens with one attached hydrogen (secondary N) is 1. The molecule has 1 saturated heterocycles. The lowest BCUT2D eigenvalue weighted by Crippen LogP contribution is -2.32. The average Bonchev–Trinajstić information content (AvgIpc) is 3.18. The van der Waals surface area contributed by atoms with Crippen LogP contribution >= 0.6 is 11.3 Å². The van der Waals surface area contributed by atoms with E-state index in [0.29, 0.717) is 10.7 Å². The third-order valence-electron chi connectivity index (χ3n) is 3.47. The Bertz CT molecular complexity index is 602. The molecule has 0 aliphatic carbocycles. The molecule has 2 aromatic heterocycles. The van der Waals surface area contributed by atoms with Gasteiger partial charge in [0.15, 0.2) is 0 Å². The van der Waals surface area contributed by atoms with E-state index in [-0.39, 0.29) is 18.6 Å². The first-order valence-corrected chi connectivity index (χ1v) is 7.57. The van der Waals surface area contributed by atoms with Crippen LogP contribution in [0.15, 0.2) is 23.8 Å². The van der Waals surface area contributed by atoms with Crippen molar-refractivity contribution in [3.8, 4) is 0 Å². The van der Waals surface area contributed by atoms with Gasteiger partial charge in [-0.25, -0.2) is 4.98 Å². The van der Waals surface area contributed by atoms with Gasteiger partial charge in [-0.15, -0.1) is 10.2 Å². The summed E-state index contributed by atoms with van der Waals surface area (Å²) in [6.07, 6.45) is 3.56. The largest absolute Gasteiger partial charge is 0.394 e. The lowest BCUT2D eigenvalue weighted by Gasteiger charge is -2.23. The maximum Gasteiger partial charge on any atom is 0.259 e. The Hall–Kier alpha value is -2.06. The topological polar surface area (TPSA) is 91.2 Å². The van der Waals surface area contributed by atoms with Crippen LogP contribution in [0.25, 0.3) is 0 Å². The van der Waals surface area contributed by atoms with Crippen LogP contribution in [0, 0.1) is 0 Å². The maximum absolute atomic E-state index is 12.0. The van der Waals surface area contributed by atoms with Gasteiger partial charge in [0.2, 0.25) is 5.13 Å². The van der Waals surface area contributed by atoms with Crippen molar-refractivity contribution in [2.75, 3.05) is 23.4 Å². The summed E-state index contributed by atoms with van der Waals surface area (Å²) in [4.78, 5) is 18.4. The van der Waals surface area contributed by atoms with Gasteiger partial charge in [0.25, 0.3) is 5.91 Å². The number of aliphatic hydroxyl groups is 1. The lowest BCUT2D eigenvalue weighted by atomic mass is 10.2. The molecule has 21 heavy (non-hydrogen) atoms. The molecule has 0 aromatic carbocycles. The minimum absolute atomic E-state index is 0.124. The number of nitrogens with zero attached hydrogens (tertiary/aromatic N) is 4. The van der Waals surface area contributed by atoms with Gasteiger partial charge in [-0.3, -0.25) is 10.1 Å². The first kappa shape index (κ1) is 13.9. The number of pyridine rings is 1. The van der Waals surface area contributed by atoms with Crippen LogP contribution in [0.1, 0.15) is 23.2 Å². The van der Waals surface area contributed by atoms with Crippen LogP contribution in [0.3, 0.4) is 0 Å². The number of anilines is 2. The van der Waals surface area contributed by atoms with Gasteiger partial charge in [-0.05, 0) is 25.0 Å². The van der Waals surface area contributed by atoms with Gasteiger partial charge in [-0.2, -0.15) is 0 Å². The van der Waals surface area contributed by atoms with E-state index in [0.717, 1.165) is 25.2 Å². The quantitative estimate of drug-likeness (QED) is 0.880. The number of amides is 1. The van der Waals surface area contributed by atoms with E-state index in [4.69, 9.17) is 0 Å². The van der Waals surface area contributed by atoms with Crippen molar-refractivity contribution >= 4 is 28.2 Å². The maximum atomic E-state index is 12.0. The van der Waals surface area contributed by atoms with Crippen LogP contribution in [-0.4, -0.2) is 45.4 Å². The number of carbonyl (C=O) groups is 1. The molecule has 7 nitrogen and oxygen atoms in total. The summed E-state index contributed by atoms with van der Waals surface area (Å²) >= 11 is 1.26. The van der Waals surface area contributed by atoms with Gasteiger partial charge >= 0.3 is 0 Å². The molecule has 3 heterocycles. The van der Waals surface area contributed by atoms with Gasteiger partial charge < -0.3 is 10.0 Å². The Morgan fingerprint density at radius 3 is 3.10 bits per heavy atom. The van der Waals surface area contributed by atoms with E-state index in [1.807, 2.05) is 6.07 Å². The zero-order valence-corrected chi connectivity index (χ0v) is 12.1. The minimum atomic E-state index is -0.258. The normalized spacial score (nSPS) is 18.0. The lowest BCUT2D eigenvalue weighted by molar-refractivity contribution is 0.102. The number of rotatable bonds is 4. The molecule has 1 fully saturated rings.